The number of halogens is 2. The maximum Gasteiger partial charge on any atom is 0.231 e. The molecule has 0 unspecified atom stereocenters. The maximum absolute atomic E-state index is 12.3. The Morgan fingerprint density at radius 3 is 2.12 bits per heavy atom. The van der Waals surface area contributed by atoms with Gasteiger partial charge in [0, 0.05) is 13.1 Å². The highest BCUT2D eigenvalue weighted by molar-refractivity contribution is 6.53. The highest BCUT2D eigenvalue weighted by atomic mass is 35.5. The fourth-order valence-corrected chi connectivity index (χ4v) is 3.45. The molecule has 98 valence electrons. The molecular weight excluding hydrogens is 257 g/mol. The Balaban J connectivity index is 1.92. The minimum Gasteiger partial charge on any atom is -0.342 e. The molecule has 0 aromatic rings. The van der Waals surface area contributed by atoms with Crippen molar-refractivity contribution in [3.05, 3.63) is 0 Å². The standard InChI is InChI=1S/C13H21Cl2NO/c1-9(2)10-4-6-16(7-5-10)11(17)12(3)8-13(12,14)15/h9-10H,4-8H2,1-3H3/t12-/m1/s1. The van der Waals surface area contributed by atoms with Crippen LogP contribution in [0.15, 0.2) is 0 Å². The average Bonchev–Trinajstić information content (AvgIpc) is 2.78. The average molecular weight is 278 g/mol. The first-order valence-corrected chi connectivity index (χ1v) is 7.21. The fourth-order valence-electron chi connectivity index (χ4n) is 2.75. The molecule has 0 bridgehead atoms. The van der Waals surface area contributed by atoms with Crippen LogP contribution in [0.2, 0.25) is 0 Å². The van der Waals surface area contributed by atoms with Crippen molar-refractivity contribution in [1.29, 1.82) is 0 Å². The first-order valence-electron chi connectivity index (χ1n) is 6.45. The van der Waals surface area contributed by atoms with Crippen molar-refractivity contribution in [3.63, 3.8) is 0 Å². The maximum atomic E-state index is 12.3. The van der Waals surface area contributed by atoms with Crippen molar-refractivity contribution < 1.29 is 4.79 Å². The lowest BCUT2D eigenvalue weighted by Crippen LogP contribution is -2.43. The van der Waals surface area contributed by atoms with E-state index in [-0.39, 0.29) is 5.91 Å². The third kappa shape index (κ3) is 2.31. The number of nitrogens with zero attached hydrogens (tertiary/aromatic N) is 1. The van der Waals surface area contributed by atoms with Crippen molar-refractivity contribution in [2.24, 2.45) is 17.3 Å². The monoisotopic (exact) mass is 277 g/mol. The van der Waals surface area contributed by atoms with E-state index < -0.39 is 9.75 Å². The summed E-state index contributed by atoms with van der Waals surface area (Å²) in [7, 11) is 0. The van der Waals surface area contributed by atoms with Gasteiger partial charge in [-0.2, -0.15) is 0 Å². The van der Waals surface area contributed by atoms with E-state index in [1.54, 1.807) is 0 Å². The molecule has 4 heteroatoms. The summed E-state index contributed by atoms with van der Waals surface area (Å²) in [4.78, 5) is 14.3. The SMILES string of the molecule is CC(C)C1CCN(C(=O)[C@@]2(C)CC2(Cl)Cl)CC1. The molecule has 2 fully saturated rings. The van der Waals surface area contributed by atoms with Crippen LogP contribution in [-0.4, -0.2) is 28.2 Å². The Morgan fingerprint density at radius 2 is 1.76 bits per heavy atom. The van der Waals surface area contributed by atoms with Crippen LogP contribution >= 0.6 is 23.2 Å². The van der Waals surface area contributed by atoms with Gasteiger partial charge in [-0.15, -0.1) is 23.2 Å². The summed E-state index contributed by atoms with van der Waals surface area (Å²) in [6.45, 7) is 8.12. The van der Waals surface area contributed by atoms with Crippen LogP contribution in [0.5, 0.6) is 0 Å². The highest BCUT2D eigenvalue weighted by Gasteiger charge is 2.68. The van der Waals surface area contributed by atoms with Gasteiger partial charge in [-0.3, -0.25) is 4.79 Å². The predicted molar refractivity (Wildman–Crippen MR) is 71.3 cm³/mol. The van der Waals surface area contributed by atoms with Crippen LogP contribution in [0.4, 0.5) is 0 Å². The number of hydrogen-bond acceptors (Lipinski definition) is 1. The minimum absolute atomic E-state index is 0.143. The van der Waals surface area contributed by atoms with E-state index in [2.05, 4.69) is 13.8 Å². The van der Waals surface area contributed by atoms with Crippen LogP contribution in [0, 0.1) is 17.3 Å². The van der Waals surface area contributed by atoms with Crippen LogP contribution in [-0.2, 0) is 4.79 Å². The zero-order chi connectivity index (χ0) is 12.8. The van der Waals surface area contributed by atoms with Crippen molar-refractivity contribution in [3.8, 4) is 0 Å². The van der Waals surface area contributed by atoms with Gasteiger partial charge < -0.3 is 4.90 Å². The molecule has 0 N–H and O–H groups in total. The summed E-state index contributed by atoms with van der Waals surface area (Å²) in [5.74, 6) is 1.61. The summed E-state index contributed by atoms with van der Waals surface area (Å²) in [6, 6.07) is 0. The van der Waals surface area contributed by atoms with Crippen molar-refractivity contribution >= 4 is 29.1 Å². The minimum atomic E-state index is -0.834. The summed E-state index contributed by atoms with van der Waals surface area (Å²) >= 11 is 12.1. The number of rotatable bonds is 2. The molecule has 1 amide bonds. The summed E-state index contributed by atoms with van der Waals surface area (Å²) in [6.07, 6.45) is 2.81. The van der Waals surface area contributed by atoms with Crippen molar-refractivity contribution in [1.82, 2.24) is 4.90 Å². The van der Waals surface area contributed by atoms with Gasteiger partial charge in [0.2, 0.25) is 5.91 Å². The topological polar surface area (TPSA) is 20.3 Å². The second-order valence-electron chi connectivity index (χ2n) is 6.09. The highest BCUT2D eigenvalue weighted by Crippen LogP contribution is 2.64. The van der Waals surface area contributed by atoms with Gasteiger partial charge in [-0.1, -0.05) is 13.8 Å². The molecule has 2 aliphatic rings. The van der Waals surface area contributed by atoms with Crippen LogP contribution in [0.1, 0.15) is 40.0 Å². The number of piperidine rings is 1. The smallest absolute Gasteiger partial charge is 0.231 e. The van der Waals surface area contributed by atoms with Crippen LogP contribution in [0.3, 0.4) is 0 Å². The van der Waals surface area contributed by atoms with Gasteiger partial charge in [-0.25, -0.2) is 0 Å². The van der Waals surface area contributed by atoms with E-state index in [0.717, 1.165) is 31.8 Å². The molecule has 1 saturated carbocycles. The second kappa shape index (κ2) is 4.31. The molecule has 2 nitrogen and oxygen atoms in total. The first kappa shape index (κ1) is 13.5. The molecule has 1 saturated heterocycles. The number of amides is 1. The zero-order valence-corrected chi connectivity index (χ0v) is 12.3. The van der Waals surface area contributed by atoms with Gasteiger partial charge in [0.1, 0.15) is 4.33 Å². The first-order chi connectivity index (χ1) is 7.78. The Labute approximate surface area is 114 Å². The second-order valence-corrected chi connectivity index (χ2v) is 7.57. The molecule has 1 atom stereocenters. The Morgan fingerprint density at radius 1 is 1.29 bits per heavy atom. The Bertz CT molecular complexity index is 321. The third-order valence-electron chi connectivity index (χ3n) is 4.50. The van der Waals surface area contributed by atoms with E-state index in [1.807, 2.05) is 11.8 Å². The quantitative estimate of drug-likeness (QED) is 0.708. The Kier molecular flexibility index (Phi) is 3.42. The normalized spacial score (nSPS) is 32.9. The van der Waals surface area contributed by atoms with E-state index in [1.165, 1.54) is 0 Å². The van der Waals surface area contributed by atoms with Crippen LogP contribution in [0.25, 0.3) is 0 Å². The molecule has 0 radical (unpaired) electrons. The molecule has 17 heavy (non-hydrogen) atoms. The van der Waals surface area contributed by atoms with Gasteiger partial charge in [0.05, 0.1) is 5.41 Å². The molecular formula is C13H21Cl2NO. The number of hydrogen-bond donors (Lipinski definition) is 0. The molecule has 1 aliphatic heterocycles. The summed E-state index contributed by atoms with van der Waals surface area (Å²) in [5.41, 5.74) is -0.541. The van der Waals surface area contributed by atoms with E-state index >= 15 is 0 Å². The van der Waals surface area contributed by atoms with E-state index in [0.29, 0.717) is 12.3 Å². The van der Waals surface area contributed by atoms with Crippen molar-refractivity contribution in [2.45, 2.75) is 44.4 Å². The number of likely N-dealkylation sites (tertiary alicyclic amines) is 1. The van der Waals surface area contributed by atoms with Crippen molar-refractivity contribution in [2.75, 3.05) is 13.1 Å². The Hall–Kier alpha value is 0.0500. The number of carbonyl (C=O) groups excluding carboxylic acids is 1. The zero-order valence-electron chi connectivity index (χ0n) is 10.8. The predicted octanol–water partition coefficient (Wildman–Crippen LogP) is 3.46. The summed E-state index contributed by atoms with van der Waals surface area (Å²) < 4.78 is -0.834. The number of carbonyl (C=O) groups is 1. The molecule has 1 aliphatic carbocycles. The van der Waals surface area contributed by atoms with Gasteiger partial charge >= 0.3 is 0 Å². The fraction of sp³-hybridized carbons (Fsp3) is 0.923. The van der Waals surface area contributed by atoms with E-state index in [9.17, 15) is 4.79 Å². The largest absolute Gasteiger partial charge is 0.342 e. The van der Waals surface area contributed by atoms with Gasteiger partial charge in [-0.05, 0) is 38.0 Å². The van der Waals surface area contributed by atoms with Crippen LogP contribution < -0.4 is 0 Å². The molecule has 0 aromatic carbocycles. The van der Waals surface area contributed by atoms with Gasteiger partial charge in [0.15, 0.2) is 0 Å². The summed E-state index contributed by atoms with van der Waals surface area (Å²) in [5, 5.41) is 0. The molecule has 0 spiro atoms. The number of alkyl halides is 2. The third-order valence-corrected chi connectivity index (χ3v) is 5.60. The molecule has 1 heterocycles. The molecule has 2 rings (SSSR count). The lowest BCUT2D eigenvalue weighted by Gasteiger charge is -2.35. The van der Waals surface area contributed by atoms with E-state index in [4.69, 9.17) is 23.2 Å². The lowest BCUT2D eigenvalue weighted by atomic mass is 9.86. The van der Waals surface area contributed by atoms with Gasteiger partial charge in [0.25, 0.3) is 0 Å². The molecule has 0 aromatic heterocycles. The lowest BCUT2D eigenvalue weighted by molar-refractivity contribution is -0.138.